The molecule has 3 unspecified atom stereocenters. The second-order valence-electron chi connectivity index (χ2n) is 5.78. The molecule has 3 atom stereocenters. The Morgan fingerprint density at radius 2 is 1.89 bits per heavy atom. The Balaban J connectivity index is 1.83. The molecule has 0 bridgehead atoms. The summed E-state index contributed by atoms with van der Waals surface area (Å²) < 4.78 is 0. The number of hydrogen-bond acceptors (Lipinski definition) is 1. The van der Waals surface area contributed by atoms with Crippen molar-refractivity contribution < 1.29 is 0 Å². The van der Waals surface area contributed by atoms with E-state index >= 15 is 0 Å². The third-order valence-electron chi connectivity index (χ3n) is 4.49. The highest BCUT2D eigenvalue weighted by Crippen LogP contribution is 2.27. The van der Waals surface area contributed by atoms with Crippen LogP contribution in [-0.2, 0) is 0 Å². The zero-order valence-corrected chi connectivity index (χ0v) is 11.9. The van der Waals surface area contributed by atoms with E-state index in [4.69, 9.17) is 0 Å². The van der Waals surface area contributed by atoms with E-state index in [0.29, 0.717) is 5.92 Å². The van der Waals surface area contributed by atoms with Crippen molar-refractivity contribution in [2.75, 3.05) is 6.54 Å². The molecular formula is C17H27N. The van der Waals surface area contributed by atoms with Crippen LogP contribution in [0.3, 0.4) is 0 Å². The third kappa shape index (κ3) is 3.58. The van der Waals surface area contributed by atoms with Crippen LogP contribution < -0.4 is 5.32 Å². The van der Waals surface area contributed by atoms with Gasteiger partial charge < -0.3 is 5.32 Å². The second-order valence-corrected chi connectivity index (χ2v) is 5.78. The zero-order chi connectivity index (χ0) is 12.8. The van der Waals surface area contributed by atoms with Gasteiger partial charge in [0.2, 0.25) is 0 Å². The summed E-state index contributed by atoms with van der Waals surface area (Å²) in [4.78, 5) is 0. The Kier molecular flexibility index (Phi) is 5.25. The molecule has 0 spiro atoms. The summed E-state index contributed by atoms with van der Waals surface area (Å²) >= 11 is 0. The first-order valence-electron chi connectivity index (χ1n) is 7.59. The molecule has 1 aliphatic carbocycles. The quantitative estimate of drug-likeness (QED) is 0.813. The van der Waals surface area contributed by atoms with E-state index in [1.54, 1.807) is 0 Å². The topological polar surface area (TPSA) is 12.0 Å². The lowest BCUT2D eigenvalue weighted by molar-refractivity contribution is 0.253. The number of rotatable bonds is 5. The fourth-order valence-electron chi connectivity index (χ4n) is 3.19. The number of benzene rings is 1. The minimum Gasteiger partial charge on any atom is -0.313 e. The smallest absolute Gasteiger partial charge is 0.00954 e. The van der Waals surface area contributed by atoms with Crippen molar-refractivity contribution in [3.8, 4) is 0 Å². The van der Waals surface area contributed by atoms with Gasteiger partial charge in [0.05, 0.1) is 0 Å². The van der Waals surface area contributed by atoms with Crippen LogP contribution in [0.15, 0.2) is 30.3 Å². The standard InChI is InChI=1S/C17H27N/c1-3-15-9-7-8-12-17(15)18-13-14(2)16-10-5-4-6-11-16/h4-6,10-11,14-15,17-18H,3,7-9,12-13H2,1-2H3. The molecule has 0 saturated heterocycles. The maximum atomic E-state index is 3.82. The Hall–Kier alpha value is -0.820. The van der Waals surface area contributed by atoms with Crippen molar-refractivity contribution >= 4 is 0 Å². The lowest BCUT2D eigenvalue weighted by atomic mass is 9.82. The van der Waals surface area contributed by atoms with Gasteiger partial charge in [-0.25, -0.2) is 0 Å². The van der Waals surface area contributed by atoms with Gasteiger partial charge in [-0.2, -0.15) is 0 Å². The van der Waals surface area contributed by atoms with Gasteiger partial charge in [-0.15, -0.1) is 0 Å². The third-order valence-corrected chi connectivity index (χ3v) is 4.49. The molecule has 1 fully saturated rings. The molecule has 100 valence electrons. The molecule has 18 heavy (non-hydrogen) atoms. The first-order valence-corrected chi connectivity index (χ1v) is 7.59. The molecule has 0 amide bonds. The van der Waals surface area contributed by atoms with Crippen molar-refractivity contribution in [2.45, 2.75) is 57.9 Å². The van der Waals surface area contributed by atoms with E-state index in [9.17, 15) is 0 Å². The van der Waals surface area contributed by atoms with Crippen molar-refractivity contribution in [3.05, 3.63) is 35.9 Å². The highest BCUT2D eigenvalue weighted by Gasteiger charge is 2.23. The van der Waals surface area contributed by atoms with Gasteiger partial charge in [-0.05, 0) is 30.2 Å². The van der Waals surface area contributed by atoms with Gasteiger partial charge in [0.25, 0.3) is 0 Å². The molecule has 0 heterocycles. The molecule has 1 aliphatic rings. The van der Waals surface area contributed by atoms with Gasteiger partial charge in [0.15, 0.2) is 0 Å². The lowest BCUT2D eigenvalue weighted by Crippen LogP contribution is -2.40. The maximum Gasteiger partial charge on any atom is 0.00954 e. The Morgan fingerprint density at radius 1 is 1.17 bits per heavy atom. The first-order chi connectivity index (χ1) is 8.81. The van der Waals surface area contributed by atoms with Crippen LogP contribution in [0.4, 0.5) is 0 Å². The monoisotopic (exact) mass is 245 g/mol. The molecule has 1 aromatic carbocycles. The first kappa shape index (κ1) is 13.6. The average Bonchev–Trinajstić information content (AvgIpc) is 2.46. The Morgan fingerprint density at radius 3 is 2.61 bits per heavy atom. The largest absolute Gasteiger partial charge is 0.313 e. The molecular weight excluding hydrogens is 218 g/mol. The molecule has 0 radical (unpaired) electrons. The van der Waals surface area contributed by atoms with E-state index in [-0.39, 0.29) is 0 Å². The highest BCUT2D eigenvalue weighted by molar-refractivity contribution is 5.19. The molecule has 0 aliphatic heterocycles. The van der Waals surface area contributed by atoms with Crippen molar-refractivity contribution in [1.82, 2.24) is 5.32 Å². The molecule has 0 aromatic heterocycles. The fraction of sp³-hybridized carbons (Fsp3) is 0.647. The summed E-state index contributed by atoms with van der Waals surface area (Å²) in [6.07, 6.45) is 6.98. The maximum absolute atomic E-state index is 3.82. The van der Waals surface area contributed by atoms with Gasteiger partial charge in [0, 0.05) is 12.6 Å². The van der Waals surface area contributed by atoms with Crippen LogP contribution >= 0.6 is 0 Å². The normalized spacial score (nSPS) is 25.9. The molecule has 1 N–H and O–H groups in total. The van der Waals surface area contributed by atoms with E-state index in [1.165, 1.54) is 37.7 Å². The fourth-order valence-corrected chi connectivity index (χ4v) is 3.19. The summed E-state index contributed by atoms with van der Waals surface area (Å²) in [6, 6.07) is 11.6. The molecule has 1 nitrogen and oxygen atoms in total. The van der Waals surface area contributed by atoms with Gasteiger partial charge in [0.1, 0.15) is 0 Å². The predicted octanol–water partition coefficient (Wildman–Crippen LogP) is 4.35. The van der Waals surface area contributed by atoms with Crippen molar-refractivity contribution in [2.24, 2.45) is 5.92 Å². The van der Waals surface area contributed by atoms with Gasteiger partial charge in [-0.3, -0.25) is 0 Å². The number of nitrogens with one attached hydrogen (secondary N) is 1. The second kappa shape index (κ2) is 6.94. The van der Waals surface area contributed by atoms with Crippen LogP contribution in [0.2, 0.25) is 0 Å². The zero-order valence-electron chi connectivity index (χ0n) is 11.9. The van der Waals surface area contributed by atoms with Crippen LogP contribution in [-0.4, -0.2) is 12.6 Å². The van der Waals surface area contributed by atoms with Gasteiger partial charge in [-0.1, -0.05) is 63.4 Å². The highest BCUT2D eigenvalue weighted by atomic mass is 14.9. The summed E-state index contributed by atoms with van der Waals surface area (Å²) in [5.74, 6) is 1.52. The van der Waals surface area contributed by atoms with E-state index < -0.39 is 0 Å². The van der Waals surface area contributed by atoms with Crippen LogP contribution in [0.5, 0.6) is 0 Å². The van der Waals surface area contributed by atoms with E-state index in [1.807, 2.05) is 0 Å². The predicted molar refractivity (Wildman–Crippen MR) is 78.9 cm³/mol. The summed E-state index contributed by atoms with van der Waals surface area (Å²) in [5.41, 5.74) is 1.45. The van der Waals surface area contributed by atoms with Crippen molar-refractivity contribution in [1.29, 1.82) is 0 Å². The Bertz CT molecular complexity index is 333. The summed E-state index contributed by atoms with van der Waals surface area (Å²) in [6.45, 7) is 5.78. The minimum atomic E-state index is 0.616. The summed E-state index contributed by atoms with van der Waals surface area (Å²) in [7, 11) is 0. The molecule has 1 aromatic rings. The van der Waals surface area contributed by atoms with Crippen LogP contribution in [0.1, 0.15) is 57.4 Å². The average molecular weight is 245 g/mol. The molecule has 1 heteroatoms. The molecule has 2 rings (SSSR count). The van der Waals surface area contributed by atoms with Gasteiger partial charge >= 0.3 is 0 Å². The molecule has 1 saturated carbocycles. The Labute approximate surface area is 112 Å². The van der Waals surface area contributed by atoms with Crippen LogP contribution in [0, 0.1) is 5.92 Å². The lowest BCUT2D eigenvalue weighted by Gasteiger charge is -2.32. The van der Waals surface area contributed by atoms with E-state index in [0.717, 1.165) is 18.5 Å². The van der Waals surface area contributed by atoms with Crippen LogP contribution in [0.25, 0.3) is 0 Å². The van der Waals surface area contributed by atoms with E-state index in [2.05, 4.69) is 49.5 Å². The number of hydrogen-bond donors (Lipinski definition) is 1. The minimum absolute atomic E-state index is 0.616. The SMILES string of the molecule is CCC1CCCCC1NCC(C)c1ccccc1. The summed E-state index contributed by atoms with van der Waals surface area (Å²) in [5, 5.41) is 3.82. The van der Waals surface area contributed by atoms with Crippen molar-refractivity contribution in [3.63, 3.8) is 0 Å².